The summed E-state index contributed by atoms with van der Waals surface area (Å²) in [6.45, 7) is 1.82. The standard InChI is InChI=1S/C17H15N3O4S/c1-11-6-7-15(16(18-11)20(21)22)24-9-13-10-25-17(19-13)12-4-3-5-14(8-12)23-2/h3-8,10H,9H2,1-2H3. The zero-order chi connectivity index (χ0) is 17.8. The second-order valence-electron chi connectivity index (χ2n) is 5.20. The third kappa shape index (κ3) is 3.92. The predicted molar refractivity (Wildman–Crippen MR) is 94.1 cm³/mol. The zero-order valence-electron chi connectivity index (χ0n) is 13.6. The Morgan fingerprint density at radius 3 is 2.84 bits per heavy atom. The van der Waals surface area contributed by atoms with Crippen LogP contribution >= 0.6 is 11.3 Å². The Kier molecular flexibility index (Phi) is 4.90. The number of pyridine rings is 1. The molecule has 8 heteroatoms. The summed E-state index contributed by atoms with van der Waals surface area (Å²) in [7, 11) is 1.61. The van der Waals surface area contributed by atoms with Gasteiger partial charge in [-0.2, -0.15) is 0 Å². The molecule has 0 atom stereocenters. The molecule has 25 heavy (non-hydrogen) atoms. The molecule has 0 aliphatic heterocycles. The molecule has 0 unspecified atom stereocenters. The molecular weight excluding hydrogens is 342 g/mol. The molecule has 3 aromatic rings. The average molecular weight is 357 g/mol. The first-order valence-corrected chi connectivity index (χ1v) is 8.28. The van der Waals surface area contributed by atoms with Crippen LogP contribution in [0.15, 0.2) is 41.8 Å². The number of benzene rings is 1. The molecule has 0 saturated carbocycles. The zero-order valence-corrected chi connectivity index (χ0v) is 14.4. The van der Waals surface area contributed by atoms with Crippen LogP contribution in [0, 0.1) is 17.0 Å². The molecule has 0 amide bonds. The SMILES string of the molecule is COc1cccc(-c2nc(COc3ccc(C)nc3[N+](=O)[O-])cs2)c1. The Morgan fingerprint density at radius 2 is 2.08 bits per heavy atom. The molecule has 0 bridgehead atoms. The van der Waals surface area contributed by atoms with Crippen molar-refractivity contribution < 1.29 is 14.4 Å². The first kappa shape index (κ1) is 16.8. The van der Waals surface area contributed by atoms with E-state index in [1.165, 1.54) is 11.3 Å². The monoisotopic (exact) mass is 357 g/mol. The number of aromatic nitrogens is 2. The van der Waals surface area contributed by atoms with Crippen LogP contribution in [0.1, 0.15) is 11.4 Å². The minimum atomic E-state index is -0.551. The number of nitrogens with zero attached hydrogens (tertiary/aromatic N) is 3. The second-order valence-corrected chi connectivity index (χ2v) is 6.05. The molecule has 0 saturated heterocycles. The van der Waals surface area contributed by atoms with Crippen molar-refractivity contribution in [3.63, 3.8) is 0 Å². The van der Waals surface area contributed by atoms with Crippen molar-refractivity contribution >= 4 is 17.2 Å². The smallest absolute Gasteiger partial charge is 0.406 e. The van der Waals surface area contributed by atoms with Gasteiger partial charge in [0.05, 0.1) is 12.8 Å². The maximum Gasteiger partial charge on any atom is 0.406 e. The lowest BCUT2D eigenvalue weighted by molar-refractivity contribution is -0.390. The Hall–Kier alpha value is -3.00. The van der Waals surface area contributed by atoms with Crippen molar-refractivity contribution in [3.8, 4) is 22.1 Å². The van der Waals surface area contributed by atoms with Crippen LogP contribution in [0.2, 0.25) is 0 Å². The van der Waals surface area contributed by atoms with Crippen molar-refractivity contribution in [1.29, 1.82) is 0 Å². The lowest BCUT2D eigenvalue weighted by Gasteiger charge is -2.05. The normalized spacial score (nSPS) is 10.5. The number of ether oxygens (including phenoxy) is 2. The second kappa shape index (κ2) is 7.27. The molecule has 0 fully saturated rings. The summed E-state index contributed by atoms with van der Waals surface area (Å²) in [5.74, 6) is 0.599. The van der Waals surface area contributed by atoms with E-state index < -0.39 is 4.92 Å². The molecule has 0 aliphatic rings. The summed E-state index contributed by atoms with van der Waals surface area (Å²) >= 11 is 1.47. The Balaban J connectivity index is 1.75. The number of hydrogen-bond donors (Lipinski definition) is 0. The van der Waals surface area contributed by atoms with E-state index in [1.54, 1.807) is 26.2 Å². The third-order valence-corrected chi connectivity index (χ3v) is 4.34. The lowest BCUT2D eigenvalue weighted by Crippen LogP contribution is -2.02. The first-order valence-electron chi connectivity index (χ1n) is 7.40. The molecule has 2 aromatic heterocycles. The Bertz CT molecular complexity index is 910. The van der Waals surface area contributed by atoms with E-state index in [4.69, 9.17) is 9.47 Å². The van der Waals surface area contributed by atoms with Gasteiger partial charge in [0.15, 0.2) is 0 Å². The maximum atomic E-state index is 11.1. The molecule has 7 nitrogen and oxygen atoms in total. The van der Waals surface area contributed by atoms with E-state index in [0.29, 0.717) is 11.4 Å². The highest BCUT2D eigenvalue weighted by atomic mass is 32.1. The fraction of sp³-hybridized carbons (Fsp3) is 0.176. The molecule has 0 spiro atoms. The largest absolute Gasteiger partial charge is 0.497 e. The van der Waals surface area contributed by atoms with Crippen LogP contribution in [0.4, 0.5) is 5.82 Å². The van der Waals surface area contributed by atoms with Gasteiger partial charge in [-0.15, -0.1) is 11.3 Å². The summed E-state index contributed by atoms with van der Waals surface area (Å²) in [5.41, 5.74) is 2.20. The minimum absolute atomic E-state index is 0.131. The summed E-state index contributed by atoms with van der Waals surface area (Å²) in [4.78, 5) is 18.9. The molecule has 0 radical (unpaired) electrons. The van der Waals surface area contributed by atoms with Crippen LogP contribution in [-0.4, -0.2) is 22.0 Å². The van der Waals surface area contributed by atoms with E-state index >= 15 is 0 Å². The topological polar surface area (TPSA) is 87.4 Å². The highest BCUT2D eigenvalue weighted by Crippen LogP contribution is 2.29. The van der Waals surface area contributed by atoms with E-state index in [1.807, 2.05) is 29.6 Å². The molecule has 2 heterocycles. The van der Waals surface area contributed by atoms with Gasteiger partial charge in [-0.25, -0.2) is 4.98 Å². The summed E-state index contributed by atoms with van der Waals surface area (Å²) < 4.78 is 10.8. The number of rotatable bonds is 6. The van der Waals surface area contributed by atoms with E-state index in [0.717, 1.165) is 16.3 Å². The van der Waals surface area contributed by atoms with Gasteiger partial charge in [0.25, 0.3) is 0 Å². The third-order valence-electron chi connectivity index (χ3n) is 3.40. The van der Waals surface area contributed by atoms with Crippen LogP contribution in [-0.2, 0) is 6.61 Å². The highest BCUT2D eigenvalue weighted by molar-refractivity contribution is 7.13. The molecule has 3 rings (SSSR count). The van der Waals surface area contributed by atoms with Gasteiger partial charge in [-0.1, -0.05) is 12.1 Å². The van der Waals surface area contributed by atoms with Gasteiger partial charge < -0.3 is 19.6 Å². The molecule has 128 valence electrons. The summed E-state index contributed by atoms with van der Waals surface area (Å²) in [5, 5.41) is 13.8. The van der Waals surface area contributed by atoms with Crippen LogP contribution in [0.3, 0.4) is 0 Å². The van der Waals surface area contributed by atoms with Gasteiger partial charge in [0, 0.05) is 17.9 Å². The highest BCUT2D eigenvalue weighted by Gasteiger charge is 2.18. The van der Waals surface area contributed by atoms with Gasteiger partial charge in [-0.3, -0.25) is 0 Å². The fourth-order valence-corrected chi connectivity index (χ4v) is 2.99. The van der Waals surface area contributed by atoms with Crippen molar-refractivity contribution in [2.75, 3.05) is 7.11 Å². The van der Waals surface area contributed by atoms with Crippen molar-refractivity contribution in [2.45, 2.75) is 13.5 Å². The van der Waals surface area contributed by atoms with E-state index in [-0.39, 0.29) is 18.2 Å². The van der Waals surface area contributed by atoms with Crippen LogP contribution in [0.5, 0.6) is 11.5 Å². The average Bonchev–Trinajstić information content (AvgIpc) is 3.09. The van der Waals surface area contributed by atoms with Crippen LogP contribution < -0.4 is 9.47 Å². The molecule has 0 aliphatic carbocycles. The summed E-state index contributed by atoms with van der Waals surface area (Å²) in [6.07, 6.45) is 0. The van der Waals surface area contributed by atoms with Crippen molar-refractivity contribution in [3.05, 3.63) is 63.3 Å². The van der Waals surface area contributed by atoms with Gasteiger partial charge in [0.2, 0.25) is 5.75 Å². The van der Waals surface area contributed by atoms with Gasteiger partial charge >= 0.3 is 5.82 Å². The number of thiazole rings is 1. The quantitative estimate of drug-likeness (QED) is 0.489. The number of hydrogen-bond acceptors (Lipinski definition) is 7. The lowest BCUT2D eigenvalue weighted by atomic mass is 10.2. The maximum absolute atomic E-state index is 11.1. The summed E-state index contributed by atoms with van der Waals surface area (Å²) in [6, 6.07) is 10.8. The number of nitro groups is 1. The van der Waals surface area contributed by atoms with E-state index in [9.17, 15) is 10.1 Å². The number of methoxy groups -OCH3 is 1. The fourth-order valence-electron chi connectivity index (χ4n) is 2.19. The molecule has 0 N–H and O–H groups in total. The molecular formula is C17H15N3O4S. The van der Waals surface area contributed by atoms with Gasteiger partial charge in [0.1, 0.15) is 23.1 Å². The molecule has 1 aromatic carbocycles. The minimum Gasteiger partial charge on any atom is -0.497 e. The Labute approximate surface area is 148 Å². The Morgan fingerprint density at radius 1 is 1.24 bits per heavy atom. The van der Waals surface area contributed by atoms with E-state index in [2.05, 4.69) is 9.97 Å². The first-order chi connectivity index (χ1) is 12.1. The van der Waals surface area contributed by atoms with Crippen LogP contribution in [0.25, 0.3) is 10.6 Å². The van der Waals surface area contributed by atoms with Crippen molar-refractivity contribution in [2.24, 2.45) is 0 Å². The van der Waals surface area contributed by atoms with Crippen molar-refractivity contribution in [1.82, 2.24) is 9.97 Å². The number of aryl methyl sites for hydroxylation is 1. The van der Waals surface area contributed by atoms with Gasteiger partial charge in [-0.05, 0) is 34.2 Å². The predicted octanol–water partition coefficient (Wildman–Crippen LogP) is 4.01.